The summed E-state index contributed by atoms with van der Waals surface area (Å²) in [7, 11) is 0. The molecule has 0 aliphatic rings. The molecule has 0 saturated carbocycles. The third-order valence-corrected chi connectivity index (χ3v) is 4.20. The van der Waals surface area contributed by atoms with Crippen LogP contribution in [-0.4, -0.2) is 5.91 Å². The first kappa shape index (κ1) is 12.6. The fourth-order valence-electron chi connectivity index (χ4n) is 1.49. The van der Waals surface area contributed by atoms with Crippen LogP contribution in [0, 0.1) is 3.57 Å². The average molecular weight is 357 g/mol. The van der Waals surface area contributed by atoms with Crippen molar-refractivity contribution < 1.29 is 4.79 Å². The van der Waals surface area contributed by atoms with E-state index in [0.717, 1.165) is 3.57 Å². The minimum atomic E-state index is -0.0256. The zero-order valence-electron chi connectivity index (χ0n) is 9.31. The number of halogens is 1. The molecule has 1 atom stereocenters. The molecule has 2 nitrogen and oxygen atoms in total. The van der Waals surface area contributed by atoms with Crippen LogP contribution in [0.4, 0.5) is 0 Å². The largest absolute Gasteiger partial charge is 0.345 e. The fraction of sp³-hybridized carbons (Fsp3) is 0.154. The summed E-state index contributed by atoms with van der Waals surface area (Å²) in [6.45, 7) is 2.00. The first-order chi connectivity index (χ1) is 8.16. The van der Waals surface area contributed by atoms with E-state index in [1.165, 1.54) is 4.88 Å². The summed E-state index contributed by atoms with van der Waals surface area (Å²) < 4.78 is 1.13. The van der Waals surface area contributed by atoms with E-state index in [9.17, 15) is 4.79 Å². The van der Waals surface area contributed by atoms with E-state index in [1.807, 2.05) is 48.7 Å². The molecule has 1 aromatic heterocycles. The van der Waals surface area contributed by atoms with E-state index < -0.39 is 0 Å². The molecule has 0 aliphatic heterocycles. The molecule has 0 saturated heterocycles. The van der Waals surface area contributed by atoms with Crippen molar-refractivity contribution in [2.75, 3.05) is 0 Å². The molecule has 0 fully saturated rings. The van der Waals surface area contributed by atoms with Gasteiger partial charge in [0.1, 0.15) is 0 Å². The Balaban J connectivity index is 2.04. The zero-order chi connectivity index (χ0) is 12.3. The molecule has 4 heteroatoms. The summed E-state index contributed by atoms with van der Waals surface area (Å²) in [5, 5.41) is 5.00. The second-order valence-electron chi connectivity index (χ2n) is 3.72. The van der Waals surface area contributed by atoms with Crippen LogP contribution in [0.25, 0.3) is 0 Å². The maximum Gasteiger partial charge on any atom is 0.251 e. The predicted octanol–water partition coefficient (Wildman–Crippen LogP) is 3.84. The summed E-state index contributed by atoms with van der Waals surface area (Å²) in [4.78, 5) is 13.1. The van der Waals surface area contributed by atoms with Gasteiger partial charge < -0.3 is 5.32 Å². The van der Waals surface area contributed by atoms with Crippen LogP contribution < -0.4 is 5.32 Å². The highest BCUT2D eigenvalue weighted by Gasteiger charge is 2.11. The Labute approximate surface area is 118 Å². The monoisotopic (exact) mass is 357 g/mol. The van der Waals surface area contributed by atoms with Gasteiger partial charge in [0.2, 0.25) is 0 Å². The third kappa shape index (κ3) is 3.29. The number of rotatable bonds is 3. The molecule has 17 heavy (non-hydrogen) atoms. The van der Waals surface area contributed by atoms with Crippen molar-refractivity contribution in [3.63, 3.8) is 0 Å². The predicted molar refractivity (Wildman–Crippen MR) is 79.4 cm³/mol. The Kier molecular flexibility index (Phi) is 4.17. The van der Waals surface area contributed by atoms with Gasteiger partial charge >= 0.3 is 0 Å². The smallest absolute Gasteiger partial charge is 0.251 e. The van der Waals surface area contributed by atoms with Crippen molar-refractivity contribution >= 4 is 39.8 Å². The zero-order valence-corrected chi connectivity index (χ0v) is 12.3. The van der Waals surface area contributed by atoms with Gasteiger partial charge in [0.15, 0.2) is 0 Å². The number of carbonyl (C=O) groups excluding carboxylic acids is 1. The molecule has 88 valence electrons. The highest BCUT2D eigenvalue weighted by atomic mass is 127. The Morgan fingerprint density at radius 1 is 1.29 bits per heavy atom. The standard InChI is InChI=1S/C13H12INOS/c1-9(12-3-2-8-17-12)15-13(16)10-4-6-11(14)7-5-10/h2-9H,1H3,(H,15,16). The molecule has 0 spiro atoms. The minimum Gasteiger partial charge on any atom is -0.345 e. The lowest BCUT2D eigenvalue weighted by atomic mass is 10.2. The Morgan fingerprint density at radius 2 is 2.00 bits per heavy atom. The van der Waals surface area contributed by atoms with Crippen LogP contribution in [0.3, 0.4) is 0 Å². The molecule has 0 bridgehead atoms. The lowest BCUT2D eigenvalue weighted by molar-refractivity contribution is 0.0940. The number of nitrogens with one attached hydrogen (secondary N) is 1. The molecule has 1 unspecified atom stereocenters. The highest BCUT2D eigenvalue weighted by molar-refractivity contribution is 14.1. The van der Waals surface area contributed by atoms with Crippen LogP contribution in [0.1, 0.15) is 28.2 Å². The van der Waals surface area contributed by atoms with Gasteiger partial charge in [-0.15, -0.1) is 11.3 Å². The topological polar surface area (TPSA) is 29.1 Å². The second-order valence-corrected chi connectivity index (χ2v) is 5.94. The summed E-state index contributed by atoms with van der Waals surface area (Å²) in [6, 6.07) is 11.6. The molecule has 1 amide bonds. The van der Waals surface area contributed by atoms with Gasteiger partial charge in [-0.1, -0.05) is 6.07 Å². The fourth-order valence-corrected chi connectivity index (χ4v) is 2.58. The Morgan fingerprint density at radius 3 is 2.59 bits per heavy atom. The molecule has 1 N–H and O–H groups in total. The maximum atomic E-state index is 12.0. The molecule has 0 aliphatic carbocycles. The van der Waals surface area contributed by atoms with Crippen LogP contribution in [0.5, 0.6) is 0 Å². The Bertz CT molecular complexity index is 493. The van der Waals surface area contributed by atoms with Crippen LogP contribution in [-0.2, 0) is 0 Å². The van der Waals surface area contributed by atoms with Crippen molar-refractivity contribution in [3.8, 4) is 0 Å². The van der Waals surface area contributed by atoms with Gasteiger partial charge in [-0.25, -0.2) is 0 Å². The molecule has 1 aromatic carbocycles. The molecule has 2 rings (SSSR count). The van der Waals surface area contributed by atoms with Gasteiger partial charge in [0.25, 0.3) is 5.91 Å². The van der Waals surface area contributed by atoms with E-state index in [-0.39, 0.29) is 11.9 Å². The van der Waals surface area contributed by atoms with E-state index in [1.54, 1.807) is 11.3 Å². The highest BCUT2D eigenvalue weighted by Crippen LogP contribution is 2.18. The second kappa shape index (κ2) is 5.64. The number of hydrogen-bond acceptors (Lipinski definition) is 2. The van der Waals surface area contributed by atoms with Gasteiger partial charge in [-0.05, 0) is 65.2 Å². The van der Waals surface area contributed by atoms with Crippen molar-refractivity contribution in [2.24, 2.45) is 0 Å². The van der Waals surface area contributed by atoms with Crippen molar-refractivity contribution in [1.82, 2.24) is 5.32 Å². The van der Waals surface area contributed by atoms with E-state index in [0.29, 0.717) is 5.56 Å². The molecule has 1 heterocycles. The maximum absolute atomic E-state index is 12.0. The van der Waals surface area contributed by atoms with Crippen molar-refractivity contribution in [3.05, 3.63) is 55.8 Å². The molecule has 0 radical (unpaired) electrons. The number of amides is 1. The molecular weight excluding hydrogens is 345 g/mol. The van der Waals surface area contributed by atoms with Crippen molar-refractivity contribution in [2.45, 2.75) is 13.0 Å². The normalized spacial score (nSPS) is 12.1. The minimum absolute atomic E-state index is 0.0256. The van der Waals surface area contributed by atoms with Gasteiger partial charge in [0.05, 0.1) is 6.04 Å². The molecular formula is C13H12INOS. The third-order valence-electron chi connectivity index (χ3n) is 2.42. The number of benzene rings is 1. The first-order valence-electron chi connectivity index (χ1n) is 5.26. The summed E-state index contributed by atoms with van der Waals surface area (Å²) in [6.07, 6.45) is 0. The van der Waals surface area contributed by atoms with Gasteiger partial charge in [0, 0.05) is 14.0 Å². The van der Waals surface area contributed by atoms with Crippen LogP contribution in [0.2, 0.25) is 0 Å². The summed E-state index contributed by atoms with van der Waals surface area (Å²) >= 11 is 3.88. The summed E-state index contributed by atoms with van der Waals surface area (Å²) in [5.41, 5.74) is 0.703. The average Bonchev–Trinajstić information content (AvgIpc) is 2.83. The Hall–Kier alpha value is -0.880. The van der Waals surface area contributed by atoms with Crippen LogP contribution >= 0.6 is 33.9 Å². The lowest BCUT2D eigenvalue weighted by Crippen LogP contribution is -2.26. The van der Waals surface area contributed by atoms with E-state index in [2.05, 4.69) is 27.9 Å². The number of thiophene rings is 1. The van der Waals surface area contributed by atoms with Gasteiger partial charge in [-0.2, -0.15) is 0 Å². The number of carbonyl (C=O) groups is 1. The van der Waals surface area contributed by atoms with E-state index in [4.69, 9.17) is 0 Å². The van der Waals surface area contributed by atoms with Crippen molar-refractivity contribution in [1.29, 1.82) is 0 Å². The number of hydrogen-bond donors (Lipinski definition) is 1. The first-order valence-corrected chi connectivity index (χ1v) is 7.22. The summed E-state index contributed by atoms with van der Waals surface area (Å²) in [5.74, 6) is -0.0256. The lowest BCUT2D eigenvalue weighted by Gasteiger charge is -2.12. The van der Waals surface area contributed by atoms with Gasteiger partial charge in [-0.3, -0.25) is 4.79 Å². The van der Waals surface area contributed by atoms with E-state index >= 15 is 0 Å². The molecule has 2 aromatic rings. The SMILES string of the molecule is CC(NC(=O)c1ccc(I)cc1)c1cccs1. The quantitative estimate of drug-likeness (QED) is 0.831. The van der Waals surface area contributed by atoms with Crippen LogP contribution in [0.15, 0.2) is 41.8 Å².